The number of furan rings is 1. The van der Waals surface area contributed by atoms with Gasteiger partial charge in [-0.15, -0.1) is 0 Å². The van der Waals surface area contributed by atoms with Gasteiger partial charge in [0, 0.05) is 55.2 Å². The van der Waals surface area contributed by atoms with Crippen LogP contribution in [0.2, 0.25) is 0 Å². The van der Waals surface area contributed by atoms with Crippen LogP contribution >= 0.6 is 0 Å². The summed E-state index contributed by atoms with van der Waals surface area (Å²) in [6.45, 7) is 0. The molecule has 272 valence electrons. The molecule has 0 saturated carbocycles. The number of nitrogens with zero attached hydrogens (tertiary/aromatic N) is 3. The lowest BCUT2D eigenvalue weighted by molar-refractivity contribution is 0.623. The van der Waals surface area contributed by atoms with Gasteiger partial charge >= 0.3 is 0 Å². The largest absolute Gasteiger partial charge is 0.456 e. The minimum absolute atomic E-state index is 0.621. The van der Waals surface area contributed by atoms with Gasteiger partial charge in [0.25, 0.3) is 0 Å². The van der Waals surface area contributed by atoms with Crippen LogP contribution in [0.3, 0.4) is 0 Å². The van der Waals surface area contributed by atoms with Crippen molar-refractivity contribution in [1.29, 1.82) is 0 Å². The summed E-state index contributed by atoms with van der Waals surface area (Å²) in [6.07, 6.45) is 0. The second-order valence-electron chi connectivity index (χ2n) is 14.7. The normalized spacial score (nSPS) is 11.8. The Kier molecular flexibility index (Phi) is 7.16. The van der Waals surface area contributed by atoms with Gasteiger partial charge in [0.15, 0.2) is 5.58 Å². The second-order valence-corrected chi connectivity index (χ2v) is 14.7. The minimum Gasteiger partial charge on any atom is -0.456 e. The van der Waals surface area contributed by atoms with Gasteiger partial charge in [0.05, 0.1) is 11.0 Å². The quantitative estimate of drug-likeness (QED) is 0.170. The summed E-state index contributed by atoms with van der Waals surface area (Å²) < 4.78 is 15.1. The number of benzene rings is 9. The molecule has 0 saturated heterocycles. The van der Waals surface area contributed by atoms with Crippen LogP contribution in [-0.2, 0) is 0 Å². The van der Waals surface area contributed by atoms with Crippen molar-refractivity contribution >= 4 is 82.7 Å². The number of anilines is 3. The van der Waals surface area contributed by atoms with Crippen LogP contribution in [0.4, 0.5) is 17.1 Å². The minimum atomic E-state index is 0.621. The zero-order valence-corrected chi connectivity index (χ0v) is 31.2. The Morgan fingerprint density at radius 3 is 1.83 bits per heavy atom. The Balaban J connectivity index is 0.994. The van der Waals surface area contributed by atoms with Gasteiger partial charge in [-0.25, -0.2) is 4.98 Å². The lowest BCUT2D eigenvalue weighted by atomic mass is 9.97. The van der Waals surface area contributed by atoms with Crippen molar-refractivity contribution in [2.24, 2.45) is 0 Å². The van der Waals surface area contributed by atoms with Crippen molar-refractivity contribution in [2.75, 3.05) is 4.90 Å². The van der Waals surface area contributed by atoms with E-state index in [0.29, 0.717) is 5.89 Å². The molecule has 58 heavy (non-hydrogen) atoms. The first kappa shape index (κ1) is 32.4. The molecule has 0 aliphatic rings. The summed E-state index contributed by atoms with van der Waals surface area (Å²) in [5, 5.41) is 6.83. The van der Waals surface area contributed by atoms with Crippen LogP contribution in [0, 0.1) is 0 Å². The molecule has 5 heteroatoms. The Bertz CT molecular complexity index is 3450. The molecule has 0 spiro atoms. The lowest BCUT2D eigenvalue weighted by Gasteiger charge is -2.26. The maximum Gasteiger partial charge on any atom is 0.227 e. The van der Waals surface area contributed by atoms with Gasteiger partial charge in [0.2, 0.25) is 5.89 Å². The number of hydrogen-bond donors (Lipinski definition) is 0. The molecule has 9 aromatic carbocycles. The highest BCUT2D eigenvalue weighted by molar-refractivity contribution is 6.12. The summed E-state index contributed by atoms with van der Waals surface area (Å²) >= 11 is 0. The van der Waals surface area contributed by atoms with Gasteiger partial charge in [-0.1, -0.05) is 109 Å². The van der Waals surface area contributed by atoms with Crippen LogP contribution < -0.4 is 4.90 Å². The molecular weight excluding hydrogens is 711 g/mol. The molecule has 3 aromatic heterocycles. The molecule has 0 fully saturated rings. The fourth-order valence-electron chi connectivity index (χ4n) is 8.74. The topological polar surface area (TPSA) is 47.3 Å². The van der Waals surface area contributed by atoms with Crippen LogP contribution in [0.5, 0.6) is 0 Å². The van der Waals surface area contributed by atoms with Crippen molar-refractivity contribution in [1.82, 2.24) is 9.55 Å². The van der Waals surface area contributed by atoms with E-state index in [0.717, 1.165) is 83.3 Å². The van der Waals surface area contributed by atoms with Crippen LogP contribution in [-0.4, -0.2) is 9.55 Å². The molecule has 0 aliphatic heterocycles. The van der Waals surface area contributed by atoms with Crippen molar-refractivity contribution in [3.05, 3.63) is 200 Å². The highest BCUT2D eigenvalue weighted by Crippen LogP contribution is 2.42. The molecule has 0 radical (unpaired) electrons. The van der Waals surface area contributed by atoms with Crippen molar-refractivity contribution in [2.45, 2.75) is 0 Å². The summed E-state index contributed by atoms with van der Waals surface area (Å²) in [7, 11) is 0. The van der Waals surface area contributed by atoms with Gasteiger partial charge in [-0.2, -0.15) is 0 Å². The average Bonchev–Trinajstić information content (AvgIpc) is 3.99. The van der Waals surface area contributed by atoms with Crippen LogP contribution in [0.25, 0.3) is 93.9 Å². The number of para-hydroxylation sites is 3. The van der Waals surface area contributed by atoms with Crippen molar-refractivity contribution in [3.8, 4) is 28.3 Å². The zero-order valence-electron chi connectivity index (χ0n) is 31.2. The number of aromatic nitrogens is 2. The van der Waals surface area contributed by atoms with Gasteiger partial charge in [0.1, 0.15) is 16.7 Å². The second kappa shape index (κ2) is 12.8. The average molecular weight is 744 g/mol. The van der Waals surface area contributed by atoms with Crippen molar-refractivity contribution in [3.63, 3.8) is 0 Å². The number of hydrogen-bond acceptors (Lipinski definition) is 4. The number of rotatable bonds is 6. The first-order chi connectivity index (χ1) is 28.7. The van der Waals surface area contributed by atoms with E-state index in [2.05, 4.69) is 161 Å². The standard InChI is InChI=1S/C53H33N3O2/c1-2-11-36(12-3-1)53-54-46-31-23-35-13-10-17-41(51(35)52(46)58-53)34-21-24-37(25-22-34)55(40-30-32-50-45(33-40)44-16-6-9-20-49(44)57-50)38-26-28-39(29-27-38)56-47-18-7-4-14-42(47)43-15-5-8-19-48(43)56/h1-33H. The van der Waals surface area contributed by atoms with E-state index in [1.54, 1.807) is 0 Å². The molecule has 0 N–H and O–H groups in total. The maximum atomic E-state index is 6.52. The van der Waals surface area contributed by atoms with E-state index in [-0.39, 0.29) is 0 Å². The third-order valence-corrected chi connectivity index (χ3v) is 11.4. The fraction of sp³-hybridized carbons (Fsp3) is 0. The first-order valence-corrected chi connectivity index (χ1v) is 19.5. The molecule has 0 bridgehead atoms. The molecule has 0 unspecified atom stereocenters. The van der Waals surface area contributed by atoms with Crippen molar-refractivity contribution < 1.29 is 8.83 Å². The predicted octanol–water partition coefficient (Wildman–Crippen LogP) is 14.8. The van der Waals surface area contributed by atoms with E-state index >= 15 is 0 Å². The molecule has 0 amide bonds. The molecule has 12 aromatic rings. The molecule has 5 nitrogen and oxygen atoms in total. The summed E-state index contributed by atoms with van der Waals surface area (Å²) in [5.74, 6) is 0.621. The van der Waals surface area contributed by atoms with Gasteiger partial charge in [-0.05, 0) is 108 Å². The molecule has 0 atom stereocenters. The SMILES string of the molecule is c1ccc(-c2nc3ccc4cccc(-c5ccc(N(c6ccc(-n7c8ccccc8c8ccccc87)cc6)c6ccc7oc8ccccc8c7c6)cc5)c4c3o2)cc1. The zero-order chi connectivity index (χ0) is 38.2. The van der Waals surface area contributed by atoms with E-state index in [9.17, 15) is 0 Å². The van der Waals surface area contributed by atoms with Gasteiger partial charge < -0.3 is 18.3 Å². The summed E-state index contributed by atoms with van der Waals surface area (Å²) in [5.41, 5.74) is 13.1. The van der Waals surface area contributed by atoms with Gasteiger partial charge in [-0.3, -0.25) is 0 Å². The molecule has 12 rings (SSSR count). The summed E-state index contributed by atoms with van der Waals surface area (Å²) in [6, 6.07) is 70.4. The van der Waals surface area contributed by atoms with Crippen LogP contribution in [0.15, 0.2) is 209 Å². The van der Waals surface area contributed by atoms with E-state index in [4.69, 9.17) is 13.8 Å². The Hall–Kier alpha value is -7.89. The number of fused-ring (bicyclic) bond motifs is 9. The molecule has 3 heterocycles. The summed E-state index contributed by atoms with van der Waals surface area (Å²) in [4.78, 5) is 7.20. The Morgan fingerprint density at radius 2 is 1.07 bits per heavy atom. The maximum absolute atomic E-state index is 6.52. The molecule has 0 aliphatic carbocycles. The first-order valence-electron chi connectivity index (χ1n) is 19.5. The highest BCUT2D eigenvalue weighted by Gasteiger charge is 2.19. The lowest BCUT2D eigenvalue weighted by Crippen LogP contribution is -2.10. The smallest absolute Gasteiger partial charge is 0.227 e. The number of oxazole rings is 1. The predicted molar refractivity (Wildman–Crippen MR) is 239 cm³/mol. The Morgan fingerprint density at radius 1 is 0.431 bits per heavy atom. The third-order valence-electron chi connectivity index (χ3n) is 11.4. The third kappa shape index (κ3) is 5.07. The van der Waals surface area contributed by atoms with Crippen LogP contribution in [0.1, 0.15) is 0 Å². The van der Waals surface area contributed by atoms with E-state index in [1.165, 1.54) is 21.8 Å². The Labute approximate surface area is 333 Å². The molecular formula is C53H33N3O2. The van der Waals surface area contributed by atoms with E-state index < -0.39 is 0 Å². The fourth-order valence-corrected chi connectivity index (χ4v) is 8.74. The van der Waals surface area contributed by atoms with E-state index in [1.807, 2.05) is 48.5 Å². The monoisotopic (exact) mass is 743 g/mol. The highest BCUT2D eigenvalue weighted by atomic mass is 16.3.